The maximum atomic E-state index is 10.5. The molecule has 108 valence electrons. The Labute approximate surface area is 135 Å². The number of halogens is 1. The molecule has 1 atom stereocenters. The molecule has 1 N–H and O–H groups in total. The van der Waals surface area contributed by atoms with Gasteiger partial charge in [0.1, 0.15) is 5.75 Å². The van der Waals surface area contributed by atoms with Crippen LogP contribution in [0.5, 0.6) is 5.75 Å². The summed E-state index contributed by atoms with van der Waals surface area (Å²) in [6.45, 7) is 0. The van der Waals surface area contributed by atoms with Crippen LogP contribution in [0.25, 0.3) is 10.2 Å². The fourth-order valence-electron chi connectivity index (χ4n) is 2.19. The zero-order valence-electron chi connectivity index (χ0n) is 11.4. The summed E-state index contributed by atoms with van der Waals surface area (Å²) in [7, 11) is 1.62. The third-order valence-electron chi connectivity index (χ3n) is 3.27. The van der Waals surface area contributed by atoms with Crippen molar-refractivity contribution in [2.75, 3.05) is 7.11 Å². The van der Waals surface area contributed by atoms with Crippen LogP contribution in [0.1, 0.15) is 16.7 Å². The van der Waals surface area contributed by atoms with Crippen molar-refractivity contribution >= 4 is 37.5 Å². The second kappa shape index (κ2) is 6.13. The molecule has 1 heterocycles. The Hall–Kier alpha value is -1.43. The van der Waals surface area contributed by atoms with Crippen LogP contribution in [0, 0.1) is 0 Å². The van der Waals surface area contributed by atoms with E-state index < -0.39 is 6.10 Å². The Morgan fingerprint density at radius 3 is 2.86 bits per heavy atom. The number of methoxy groups -OCH3 is 1. The monoisotopic (exact) mass is 363 g/mol. The zero-order chi connectivity index (χ0) is 14.8. The van der Waals surface area contributed by atoms with Crippen LogP contribution in [0.2, 0.25) is 0 Å². The molecule has 0 bridgehead atoms. The molecule has 0 radical (unpaired) electrons. The average molecular weight is 364 g/mol. The first-order chi connectivity index (χ1) is 10.2. The SMILES string of the molecule is COc1ccc(Br)c(C(O)Cc2nc3ccccc3s2)c1. The van der Waals surface area contributed by atoms with Crippen LogP contribution in [0.15, 0.2) is 46.9 Å². The van der Waals surface area contributed by atoms with Gasteiger partial charge in [-0.05, 0) is 35.9 Å². The van der Waals surface area contributed by atoms with Gasteiger partial charge in [-0.25, -0.2) is 4.98 Å². The van der Waals surface area contributed by atoms with E-state index in [9.17, 15) is 5.11 Å². The Morgan fingerprint density at radius 2 is 2.10 bits per heavy atom. The lowest BCUT2D eigenvalue weighted by Gasteiger charge is -2.12. The predicted molar refractivity (Wildman–Crippen MR) is 89.0 cm³/mol. The van der Waals surface area contributed by atoms with E-state index in [-0.39, 0.29) is 0 Å². The fraction of sp³-hybridized carbons (Fsp3) is 0.188. The van der Waals surface area contributed by atoms with Crippen LogP contribution in [0.3, 0.4) is 0 Å². The van der Waals surface area contributed by atoms with Crippen molar-refractivity contribution < 1.29 is 9.84 Å². The van der Waals surface area contributed by atoms with Crippen LogP contribution in [-0.4, -0.2) is 17.2 Å². The summed E-state index contributed by atoms with van der Waals surface area (Å²) in [5, 5.41) is 11.4. The van der Waals surface area contributed by atoms with E-state index in [4.69, 9.17) is 4.74 Å². The molecule has 0 aliphatic heterocycles. The molecule has 21 heavy (non-hydrogen) atoms. The van der Waals surface area contributed by atoms with Gasteiger partial charge in [-0.15, -0.1) is 11.3 Å². The van der Waals surface area contributed by atoms with Crippen molar-refractivity contribution in [3.63, 3.8) is 0 Å². The molecule has 3 rings (SSSR count). The number of aliphatic hydroxyl groups excluding tert-OH is 1. The third kappa shape index (κ3) is 3.10. The van der Waals surface area contributed by atoms with E-state index in [0.717, 1.165) is 31.0 Å². The van der Waals surface area contributed by atoms with E-state index in [1.165, 1.54) is 0 Å². The van der Waals surface area contributed by atoms with E-state index >= 15 is 0 Å². The quantitative estimate of drug-likeness (QED) is 0.749. The first kappa shape index (κ1) is 14.5. The van der Waals surface area contributed by atoms with Gasteiger partial charge in [0.05, 0.1) is 28.4 Å². The van der Waals surface area contributed by atoms with Crippen LogP contribution < -0.4 is 4.74 Å². The van der Waals surface area contributed by atoms with Crippen molar-refractivity contribution in [1.82, 2.24) is 4.98 Å². The maximum absolute atomic E-state index is 10.5. The summed E-state index contributed by atoms with van der Waals surface area (Å²) < 4.78 is 7.23. The molecule has 1 unspecified atom stereocenters. The summed E-state index contributed by atoms with van der Waals surface area (Å²) in [5.41, 5.74) is 1.79. The van der Waals surface area contributed by atoms with E-state index in [1.54, 1.807) is 18.4 Å². The highest BCUT2D eigenvalue weighted by Crippen LogP contribution is 2.31. The van der Waals surface area contributed by atoms with Gasteiger partial charge in [0.25, 0.3) is 0 Å². The number of benzene rings is 2. The molecule has 0 aliphatic carbocycles. The largest absolute Gasteiger partial charge is 0.497 e. The fourth-order valence-corrected chi connectivity index (χ4v) is 3.70. The summed E-state index contributed by atoms with van der Waals surface area (Å²) in [4.78, 5) is 4.56. The molecule has 0 aliphatic rings. The summed E-state index contributed by atoms with van der Waals surface area (Å²) in [6.07, 6.45) is -0.125. The molecule has 3 aromatic rings. The van der Waals surface area contributed by atoms with Gasteiger partial charge in [0.15, 0.2) is 0 Å². The highest BCUT2D eigenvalue weighted by molar-refractivity contribution is 9.10. The lowest BCUT2D eigenvalue weighted by molar-refractivity contribution is 0.177. The van der Waals surface area contributed by atoms with Gasteiger partial charge in [-0.3, -0.25) is 0 Å². The molecule has 5 heteroatoms. The smallest absolute Gasteiger partial charge is 0.119 e. The Morgan fingerprint density at radius 1 is 1.29 bits per heavy atom. The molecule has 0 saturated heterocycles. The standard InChI is InChI=1S/C16H14BrNO2S/c1-20-10-6-7-12(17)11(8-10)14(19)9-16-18-13-4-2-3-5-15(13)21-16/h2-8,14,19H,9H2,1H3. The summed E-state index contributed by atoms with van der Waals surface area (Å²) >= 11 is 5.09. The molecular weight excluding hydrogens is 350 g/mol. The Balaban J connectivity index is 1.87. The minimum absolute atomic E-state index is 0.491. The Bertz CT molecular complexity index is 739. The van der Waals surface area contributed by atoms with Crippen molar-refractivity contribution in [2.24, 2.45) is 0 Å². The first-order valence-corrected chi connectivity index (χ1v) is 8.14. The molecule has 0 spiro atoms. The molecule has 0 amide bonds. The minimum atomic E-state index is -0.616. The van der Waals surface area contributed by atoms with E-state index in [0.29, 0.717) is 6.42 Å². The number of ether oxygens (including phenoxy) is 1. The average Bonchev–Trinajstić information content (AvgIpc) is 2.89. The van der Waals surface area contributed by atoms with Crippen molar-refractivity contribution in [2.45, 2.75) is 12.5 Å². The molecule has 2 aromatic carbocycles. The highest BCUT2D eigenvalue weighted by Gasteiger charge is 2.15. The zero-order valence-corrected chi connectivity index (χ0v) is 13.8. The van der Waals surface area contributed by atoms with Gasteiger partial charge in [0.2, 0.25) is 0 Å². The predicted octanol–water partition coefficient (Wildman–Crippen LogP) is 4.34. The summed E-state index contributed by atoms with van der Waals surface area (Å²) in [6, 6.07) is 13.6. The number of thiazole rings is 1. The van der Waals surface area contributed by atoms with Gasteiger partial charge < -0.3 is 9.84 Å². The van der Waals surface area contributed by atoms with E-state index in [1.807, 2.05) is 42.5 Å². The number of hydrogen-bond acceptors (Lipinski definition) is 4. The van der Waals surface area contributed by atoms with Crippen molar-refractivity contribution in [3.8, 4) is 5.75 Å². The summed E-state index contributed by atoms with van der Waals surface area (Å²) in [5.74, 6) is 0.733. The van der Waals surface area contributed by atoms with Crippen LogP contribution in [0.4, 0.5) is 0 Å². The number of rotatable bonds is 4. The third-order valence-corrected chi connectivity index (χ3v) is 5.05. The second-order valence-electron chi connectivity index (χ2n) is 4.68. The topological polar surface area (TPSA) is 42.4 Å². The molecular formula is C16H14BrNO2S. The molecule has 3 nitrogen and oxygen atoms in total. The van der Waals surface area contributed by atoms with E-state index in [2.05, 4.69) is 20.9 Å². The molecule has 0 saturated carbocycles. The van der Waals surface area contributed by atoms with Crippen LogP contribution >= 0.6 is 27.3 Å². The molecule has 0 fully saturated rings. The van der Waals surface area contributed by atoms with Crippen LogP contribution in [-0.2, 0) is 6.42 Å². The molecule has 1 aromatic heterocycles. The lowest BCUT2D eigenvalue weighted by Crippen LogP contribution is -2.03. The normalized spacial score (nSPS) is 12.5. The lowest BCUT2D eigenvalue weighted by atomic mass is 10.1. The second-order valence-corrected chi connectivity index (χ2v) is 6.65. The Kier molecular flexibility index (Phi) is 4.24. The number of fused-ring (bicyclic) bond motifs is 1. The number of para-hydroxylation sites is 1. The van der Waals surface area contributed by atoms with Gasteiger partial charge in [-0.1, -0.05) is 28.1 Å². The number of aromatic nitrogens is 1. The first-order valence-electron chi connectivity index (χ1n) is 6.53. The highest BCUT2D eigenvalue weighted by atomic mass is 79.9. The minimum Gasteiger partial charge on any atom is -0.497 e. The van der Waals surface area contributed by atoms with Gasteiger partial charge >= 0.3 is 0 Å². The number of hydrogen-bond donors (Lipinski definition) is 1. The van der Waals surface area contributed by atoms with Crippen molar-refractivity contribution in [3.05, 3.63) is 57.5 Å². The van der Waals surface area contributed by atoms with Gasteiger partial charge in [0, 0.05) is 10.9 Å². The van der Waals surface area contributed by atoms with Crippen molar-refractivity contribution in [1.29, 1.82) is 0 Å². The van der Waals surface area contributed by atoms with Gasteiger partial charge in [-0.2, -0.15) is 0 Å². The maximum Gasteiger partial charge on any atom is 0.119 e. The number of nitrogens with zero attached hydrogens (tertiary/aromatic N) is 1. The number of aliphatic hydroxyl groups is 1.